The second kappa shape index (κ2) is 11.8. The van der Waals surface area contributed by atoms with E-state index in [4.69, 9.17) is 9.47 Å². The van der Waals surface area contributed by atoms with Crippen LogP contribution in [0, 0.1) is 17.1 Å². The van der Waals surface area contributed by atoms with Gasteiger partial charge in [0.1, 0.15) is 24.1 Å². The van der Waals surface area contributed by atoms with E-state index in [1.54, 1.807) is 12.1 Å². The summed E-state index contributed by atoms with van der Waals surface area (Å²) in [5.74, 6) is 0.0166. The first kappa shape index (κ1) is 24.7. The van der Waals surface area contributed by atoms with Gasteiger partial charge in [0.05, 0.1) is 7.11 Å². The summed E-state index contributed by atoms with van der Waals surface area (Å²) in [4.78, 5) is 12.6. The largest absolute Gasteiger partial charge is 0.493 e. The molecule has 1 amide bonds. The van der Waals surface area contributed by atoms with Gasteiger partial charge < -0.3 is 14.8 Å². The number of allylic oxidation sites excluding steroid dienone is 1. The summed E-state index contributed by atoms with van der Waals surface area (Å²) < 4.78 is 25.7. The van der Waals surface area contributed by atoms with Gasteiger partial charge in [-0.2, -0.15) is 5.26 Å². The molecule has 0 bridgehead atoms. The minimum Gasteiger partial charge on any atom is -0.493 e. The average Bonchev–Trinajstić information content (AvgIpc) is 2.84. The van der Waals surface area contributed by atoms with E-state index >= 15 is 0 Å². The van der Waals surface area contributed by atoms with Crippen LogP contribution in [0.3, 0.4) is 0 Å². The molecule has 3 aromatic rings. The minimum atomic E-state index is -0.603. The number of hydrogen-bond donors (Lipinski definition) is 1. The van der Waals surface area contributed by atoms with Gasteiger partial charge in [-0.15, -0.1) is 6.58 Å². The maximum absolute atomic E-state index is 13.1. The number of nitrogens with one attached hydrogen (secondary N) is 1. The van der Waals surface area contributed by atoms with Crippen LogP contribution in [0.25, 0.3) is 6.08 Å². The van der Waals surface area contributed by atoms with Crippen LogP contribution in [0.1, 0.15) is 16.7 Å². The molecule has 0 heterocycles. The fourth-order valence-corrected chi connectivity index (χ4v) is 3.44. The molecule has 0 saturated carbocycles. The van der Waals surface area contributed by atoms with Crippen molar-refractivity contribution in [3.05, 3.63) is 106 Å². The number of anilines is 1. The number of benzene rings is 3. The predicted octanol–water partition coefficient (Wildman–Crippen LogP) is 6.45. The molecule has 3 rings (SSSR count). The number of carbonyl (C=O) groups is 1. The van der Waals surface area contributed by atoms with Crippen molar-refractivity contribution < 1.29 is 18.7 Å². The van der Waals surface area contributed by atoms with Crippen LogP contribution in [-0.2, 0) is 17.8 Å². The quantitative estimate of drug-likeness (QED) is 0.200. The highest BCUT2D eigenvalue weighted by Crippen LogP contribution is 2.35. The minimum absolute atomic E-state index is 0.112. The molecular weight excluding hydrogens is 499 g/mol. The molecule has 5 nitrogen and oxygen atoms in total. The lowest BCUT2D eigenvalue weighted by Gasteiger charge is -2.16. The van der Waals surface area contributed by atoms with Crippen molar-refractivity contribution >= 4 is 33.6 Å². The summed E-state index contributed by atoms with van der Waals surface area (Å²) >= 11 is 3.42. The van der Waals surface area contributed by atoms with Gasteiger partial charge in [0, 0.05) is 15.7 Å². The Bertz CT molecular complexity index is 1250. The van der Waals surface area contributed by atoms with Crippen molar-refractivity contribution in [1.29, 1.82) is 5.26 Å². The van der Waals surface area contributed by atoms with Crippen LogP contribution in [0.4, 0.5) is 10.1 Å². The fourth-order valence-electron chi connectivity index (χ4n) is 3.17. The topological polar surface area (TPSA) is 71.4 Å². The number of ether oxygens (including phenoxy) is 2. The summed E-state index contributed by atoms with van der Waals surface area (Å²) in [6.07, 6.45) is 3.70. The molecule has 172 valence electrons. The first-order chi connectivity index (χ1) is 16.4. The molecule has 34 heavy (non-hydrogen) atoms. The predicted molar refractivity (Wildman–Crippen MR) is 134 cm³/mol. The molecule has 3 aromatic carbocycles. The second-order valence-electron chi connectivity index (χ2n) is 7.25. The van der Waals surface area contributed by atoms with Crippen molar-refractivity contribution in [3.63, 3.8) is 0 Å². The molecule has 0 radical (unpaired) electrons. The molecule has 0 unspecified atom stereocenters. The summed E-state index contributed by atoms with van der Waals surface area (Å²) in [6, 6.07) is 18.5. The van der Waals surface area contributed by atoms with Crippen molar-refractivity contribution in [2.24, 2.45) is 0 Å². The van der Waals surface area contributed by atoms with E-state index in [9.17, 15) is 14.4 Å². The summed E-state index contributed by atoms with van der Waals surface area (Å²) in [5.41, 5.74) is 2.65. The molecule has 0 aromatic heterocycles. The molecule has 0 atom stereocenters. The van der Waals surface area contributed by atoms with Crippen LogP contribution < -0.4 is 14.8 Å². The maximum Gasteiger partial charge on any atom is 0.266 e. The first-order valence-corrected chi connectivity index (χ1v) is 11.1. The van der Waals surface area contributed by atoms with Gasteiger partial charge in [-0.1, -0.05) is 34.1 Å². The Labute approximate surface area is 206 Å². The highest BCUT2D eigenvalue weighted by Gasteiger charge is 2.15. The Morgan fingerprint density at radius 1 is 1.18 bits per heavy atom. The summed E-state index contributed by atoms with van der Waals surface area (Å²) in [6.45, 7) is 4.15. The smallest absolute Gasteiger partial charge is 0.266 e. The molecule has 0 spiro atoms. The van der Waals surface area contributed by atoms with E-state index in [1.165, 1.54) is 37.5 Å². The Hall–Kier alpha value is -3.89. The van der Waals surface area contributed by atoms with E-state index in [2.05, 4.69) is 27.8 Å². The SMILES string of the molecule is C=CCc1cc(/C=C(\C#N)C(=O)Nc2ccc(F)cc2)cc(OC)c1OCc1ccc(Br)cc1. The Morgan fingerprint density at radius 2 is 1.88 bits per heavy atom. The van der Waals surface area contributed by atoms with Gasteiger partial charge in [-0.05, 0) is 72.2 Å². The molecule has 0 aliphatic rings. The van der Waals surface area contributed by atoms with Crippen LogP contribution in [0.5, 0.6) is 11.5 Å². The molecular formula is C27H22BrFN2O3. The summed E-state index contributed by atoms with van der Waals surface area (Å²) in [5, 5.41) is 12.1. The number of halogens is 2. The van der Waals surface area contributed by atoms with Gasteiger partial charge in [-0.3, -0.25) is 4.79 Å². The molecule has 0 aliphatic heterocycles. The lowest BCUT2D eigenvalue weighted by atomic mass is 10.0. The van der Waals surface area contributed by atoms with Crippen LogP contribution in [-0.4, -0.2) is 13.0 Å². The third-order valence-corrected chi connectivity index (χ3v) is 5.34. The third-order valence-electron chi connectivity index (χ3n) is 4.81. The number of methoxy groups -OCH3 is 1. The van der Waals surface area contributed by atoms with Crippen molar-refractivity contribution in [2.45, 2.75) is 13.0 Å². The fraction of sp³-hybridized carbons (Fsp3) is 0.111. The monoisotopic (exact) mass is 520 g/mol. The second-order valence-corrected chi connectivity index (χ2v) is 8.17. The van der Waals surface area contributed by atoms with Crippen LogP contribution in [0.15, 0.2) is 83.4 Å². The zero-order valence-corrected chi connectivity index (χ0v) is 20.1. The Morgan fingerprint density at radius 3 is 2.50 bits per heavy atom. The van der Waals surface area contributed by atoms with Gasteiger partial charge in [0.15, 0.2) is 11.5 Å². The number of nitrogens with zero attached hydrogens (tertiary/aromatic N) is 1. The van der Waals surface area contributed by atoms with Crippen LogP contribution >= 0.6 is 15.9 Å². The number of rotatable bonds is 9. The number of nitriles is 1. The van der Waals surface area contributed by atoms with Crippen LogP contribution in [0.2, 0.25) is 0 Å². The van der Waals surface area contributed by atoms with Gasteiger partial charge in [0.25, 0.3) is 5.91 Å². The van der Waals surface area contributed by atoms with E-state index in [0.717, 1.165) is 15.6 Å². The first-order valence-electron chi connectivity index (χ1n) is 10.3. The highest BCUT2D eigenvalue weighted by molar-refractivity contribution is 9.10. The van der Waals surface area contributed by atoms with Gasteiger partial charge in [0.2, 0.25) is 0 Å². The zero-order valence-electron chi connectivity index (χ0n) is 18.5. The molecule has 0 fully saturated rings. The molecule has 1 N–H and O–H groups in total. The van der Waals surface area contributed by atoms with E-state index in [0.29, 0.717) is 35.8 Å². The Balaban J connectivity index is 1.88. The Kier molecular flexibility index (Phi) is 8.60. The zero-order chi connectivity index (χ0) is 24.5. The number of carbonyl (C=O) groups excluding carboxylic acids is 1. The normalized spacial score (nSPS) is 10.8. The lowest BCUT2D eigenvalue weighted by Crippen LogP contribution is -2.13. The molecule has 0 aliphatic carbocycles. The molecule has 0 saturated heterocycles. The standard InChI is InChI=1S/C27H22BrFN2O3/c1-3-4-20-13-19(14-21(16-30)27(32)31-24-11-9-23(29)10-12-24)15-25(33-2)26(20)34-17-18-5-7-22(28)8-6-18/h3,5-15H,1,4,17H2,2H3,(H,31,32)/b21-14+. The van der Waals surface area contributed by atoms with Crippen molar-refractivity contribution in [3.8, 4) is 17.6 Å². The van der Waals surface area contributed by atoms with Crippen molar-refractivity contribution in [2.75, 3.05) is 12.4 Å². The van der Waals surface area contributed by atoms with Gasteiger partial charge in [-0.25, -0.2) is 4.39 Å². The maximum atomic E-state index is 13.1. The average molecular weight is 521 g/mol. The van der Waals surface area contributed by atoms with E-state index in [1.807, 2.05) is 36.4 Å². The number of hydrogen-bond acceptors (Lipinski definition) is 4. The van der Waals surface area contributed by atoms with E-state index < -0.39 is 11.7 Å². The van der Waals surface area contributed by atoms with Gasteiger partial charge >= 0.3 is 0 Å². The summed E-state index contributed by atoms with van der Waals surface area (Å²) in [7, 11) is 1.53. The van der Waals surface area contributed by atoms with E-state index in [-0.39, 0.29) is 5.57 Å². The molecule has 7 heteroatoms. The number of amides is 1. The third kappa shape index (κ3) is 6.56. The lowest BCUT2D eigenvalue weighted by molar-refractivity contribution is -0.112. The van der Waals surface area contributed by atoms with Crippen molar-refractivity contribution in [1.82, 2.24) is 0 Å². The highest BCUT2D eigenvalue weighted by atomic mass is 79.9.